The topological polar surface area (TPSA) is 139 Å². The zero-order chi connectivity index (χ0) is 79.0. The van der Waals surface area contributed by atoms with Gasteiger partial charge in [0.2, 0.25) is 0 Å². The Morgan fingerprint density at radius 1 is 0.431 bits per heavy atom. The van der Waals surface area contributed by atoms with E-state index < -0.39 is 0 Å². The Morgan fingerprint density at radius 2 is 0.957 bits per heavy atom. The van der Waals surface area contributed by atoms with E-state index in [1.807, 2.05) is 122 Å². The summed E-state index contributed by atoms with van der Waals surface area (Å²) in [7, 11) is 0. The van der Waals surface area contributed by atoms with Crippen LogP contribution in [0.5, 0.6) is 0 Å². The smallest absolute Gasteiger partial charge is 0.155 e. The van der Waals surface area contributed by atoms with E-state index in [-0.39, 0.29) is 135 Å². The second-order valence-corrected chi connectivity index (χ2v) is 27.7. The molecule has 0 unspecified atom stereocenters. The molecule has 0 atom stereocenters. The molecule has 5 aromatic heterocycles. The summed E-state index contributed by atoms with van der Waals surface area (Å²) in [6, 6.07) is 108. The minimum absolute atomic E-state index is 0. The average molecular weight is 2420 g/mol. The Labute approximate surface area is 750 Å². The van der Waals surface area contributed by atoms with Gasteiger partial charge in [0.15, 0.2) is 11.6 Å². The van der Waals surface area contributed by atoms with Crippen molar-refractivity contribution in [2.75, 3.05) is 0 Å². The number of aryl methyl sites for hydroxylation is 3. The van der Waals surface area contributed by atoms with E-state index in [0.717, 1.165) is 89.6 Å². The minimum Gasteiger partial charge on any atom is -0.512 e. The molecule has 116 heavy (non-hydrogen) atoms. The Bertz CT molecular complexity index is 5640. The molecule has 5 heterocycles. The number of aliphatic hydroxyl groups is 2. The Kier molecular flexibility index (Phi) is 39.4. The van der Waals surface area contributed by atoms with Gasteiger partial charge in [-0.2, -0.15) is 0 Å². The van der Waals surface area contributed by atoms with Crippen molar-refractivity contribution in [3.63, 3.8) is 0 Å². The van der Waals surface area contributed by atoms with Gasteiger partial charge in [0.1, 0.15) is 5.82 Å². The van der Waals surface area contributed by atoms with Crippen LogP contribution in [0.2, 0.25) is 0 Å². The van der Waals surface area contributed by atoms with E-state index >= 15 is 0 Å². The van der Waals surface area contributed by atoms with Gasteiger partial charge < -0.3 is 25.2 Å². The fourth-order valence-corrected chi connectivity index (χ4v) is 12.6. The molecular weight excluding hydrogens is 2330 g/mol. The molecule has 0 aliphatic heterocycles. The maximum Gasteiger partial charge on any atom is 0.155 e. The number of hydrogen-bond acceptors (Lipinski definition) is 9. The predicted molar refractivity (Wildman–Crippen MR) is 453 cm³/mol. The number of carbonyl (C=O) groups is 2. The van der Waals surface area contributed by atoms with Crippen molar-refractivity contribution < 1.29 is 125 Å². The number of fused-ring (bicyclic) bond motifs is 5. The van der Waals surface area contributed by atoms with E-state index in [1.165, 1.54) is 113 Å². The Morgan fingerprint density at radius 3 is 1.51 bits per heavy atom. The first kappa shape index (κ1) is 96.6. The van der Waals surface area contributed by atoms with Crippen molar-refractivity contribution in [3.05, 3.63) is 390 Å². The largest absolute Gasteiger partial charge is 0.512 e. The molecule has 15 aromatic rings. The second-order valence-electron chi connectivity index (χ2n) is 27.7. The number of carbonyl (C=O) groups excluding carboxylic acids is 2. The first-order chi connectivity index (χ1) is 53.5. The van der Waals surface area contributed by atoms with Gasteiger partial charge in [-0.1, -0.05) is 215 Å². The number of nitrogens with zero attached hydrogens (tertiary/aromatic N) is 5. The molecule has 10 aromatic carbocycles. The van der Waals surface area contributed by atoms with Crippen LogP contribution in [0.4, 0.5) is 4.39 Å². The van der Waals surface area contributed by atoms with E-state index in [2.05, 4.69) is 240 Å². The van der Waals surface area contributed by atoms with E-state index in [1.54, 1.807) is 18.3 Å². The summed E-state index contributed by atoms with van der Waals surface area (Å²) in [5.41, 5.74) is 27.9. The van der Waals surface area contributed by atoms with Crippen LogP contribution in [-0.2, 0) is 116 Å². The second kappa shape index (κ2) is 47.3. The van der Waals surface area contributed by atoms with Crippen LogP contribution in [0.25, 0.3) is 111 Å². The minimum atomic E-state index is -0.224. The third kappa shape index (κ3) is 27.6. The summed E-state index contributed by atoms with van der Waals surface area (Å²) >= 11 is 0. The van der Waals surface area contributed by atoms with E-state index in [4.69, 9.17) is 20.2 Å². The van der Waals surface area contributed by atoms with Gasteiger partial charge in [0.05, 0.1) is 22.6 Å². The molecule has 0 saturated carbocycles. The van der Waals surface area contributed by atoms with Crippen LogP contribution >= 0.6 is 0 Å². The number of ketones is 2. The molecule has 1 aliphatic carbocycles. The molecule has 0 fully saturated rings. The molecule has 0 spiro atoms. The number of aromatic nitrogens is 5. The Hall–Kier alpha value is -9.93. The molecule has 0 saturated heterocycles. The summed E-state index contributed by atoms with van der Waals surface area (Å²) < 4.78 is 13.0. The number of hydrogen-bond donors (Lipinski definition) is 2. The van der Waals surface area contributed by atoms with Crippen LogP contribution in [0, 0.1) is 63.8 Å². The van der Waals surface area contributed by atoms with Gasteiger partial charge in [-0.05, 0) is 151 Å². The van der Waals surface area contributed by atoms with Crippen molar-refractivity contribution in [1.29, 1.82) is 0 Å². The molecule has 5 radical (unpaired) electrons. The number of benzene rings is 10. The maximum absolute atomic E-state index is 13.0. The predicted octanol–water partition coefficient (Wildman–Crippen LogP) is 25.2. The standard InChI is InChI=1S/C24H18N.C20H18N.C19H15FN.C17H14N.C11H8N.2C5H8O2.5Ir/c1-24(2)20-9-5-4-8-18(20)19-13-11-17(15-21(19)24)23-14-12-16-7-3-6-10-22(16)25-23;1-15(2)19-11-12-20(21-14-19)18-10-6-9-17(13-18)16-7-4-3-5-8-16;1-13-10-11-21-19(14(13)2)17-5-3-4-16(12-17)15-6-8-18(20)9-7-15;1-12-9-13(2)11-15(10-12)17-8-7-14-5-3-4-6-16(14)18-17;1-2-6-10(7-3-1)11-8-4-5-9-12-11;2*1-4(6)3-5(2)7;;;;;/h3-10,12-15H,1-2H3;3-9,11-15H,1-2H3;3-4,6-12H,1-2H3;3-10H,1-2H3;1-6,8-9H;2*3,6H,1-2H3;;;;;/q5*-1;;;;;;;. The van der Waals surface area contributed by atoms with Gasteiger partial charge in [0, 0.05) is 131 Å². The number of pyridine rings is 5. The molecule has 2 N–H and O–H groups in total. The van der Waals surface area contributed by atoms with Crippen LogP contribution in [0.1, 0.15) is 100 Å². The number of allylic oxidation sites excluding steroid dienone is 4. The number of aliphatic hydroxyl groups excluding tert-OH is 2. The third-order valence-electron chi connectivity index (χ3n) is 18.2. The van der Waals surface area contributed by atoms with Crippen molar-refractivity contribution in [2.45, 2.75) is 94.4 Å². The fraction of sp³-hybridized carbons (Fsp3) is 0.139. The summed E-state index contributed by atoms with van der Waals surface area (Å²) in [5.74, 6) is 0.156. The van der Waals surface area contributed by atoms with Gasteiger partial charge in [-0.25, -0.2) is 4.39 Å². The summed E-state index contributed by atoms with van der Waals surface area (Å²) in [6.07, 6.45) is 7.90. The van der Waals surface area contributed by atoms with Gasteiger partial charge in [-0.3, -0.25) is 19.6 Å². The van der Waals surface area contributed by atoms with Gasteiger partial charge in [0.25, 0.3) is 0 Å². The zero-order valence-electron chi connectivity index (χ0n) is 66.4. The number of para-hydroxylation sites is 2. The first-order valence-electron chi connectivity index (χ1n) is 36.7. The summed E-state index contributed by atoms with van der Waals surface area (Å²) in [6.45, 7) is 23.0. The van der Waals surface area contributed by atoms with Crippen LogP contribution < -0.4 is 0 Å². The molecule has 0 bridgehead atoms. The molecule has 15 heteroatoms. The van der Waals surface area contributed by atoms with Crippen LogP contribution in [0.15, 0.2) is 315 Å². The molecule has 16 rings (SSSR count). The molecule has 9 nitrogen and oxygen atoms in total. The molecule has 1 aliphatic rings. The summed E-state index contributed by atoms with van der Waals surface area (Å²) in [4.78, 5) is 42.8. The summed E-state index contributed by atoms with van der Waals surface area (Å²) in [5, 5.41) is 19.1. The van der Waals surface area contributed by atoms with E-state index in [9.17, 15) is 14.0 Å². The van der Waals surface area contributed by atoms with Crippen LogP contribution in [0.3, 0.4) is 0 Å². The Balaban J connectivity index is 0.000000248. The average Bonchev–Trinajstić information content (AvgIpc) is 1.58. The molecule has 599 valence electrons. The normalized spacial score (nSPS) is 11.0. The van der Waals surface area contributed by atoms with Crippen molar-refractivity contribution in [1.82, 2.24) is 24.9 Å². The van der Waals surface area contributed by atoms with Crippen LogP contribution in [-0.4, -0.2) is 46.7 Å². The monoisotopic (exact) mass is 2420 g/mol. The zero-order valence-corrected chi connectivity index (χ0v) is 78.4. The van der Waals surface area contributed by atoms with E-state index in [0.29, 0.717) is 5.92 Å². The third-order valence-corrected chi connectivity index (χ3v) is 18.2. The van der Waals surface area contributed by atoms with Gasteiger partial charge in [-0.15, -0.1) is 171 Å². The fourth-order valence-electron chi connectivity index (χ4n) is 12.6. The first-order valence-corrected chi connectivity index (χ1v) is 36.7. The SMILES string of the molecule is CC(=O)C=C(C)O.CC(=O)C=C(C)O.CC(C)c1ccc(-c2[c-]ccc(-c3ccccc3)c2)nc1.CC1(C)c2ccccc2-c2c[c-]c(-c3ccc4ccccc4n3)cc21.Cc1[c-]c(-c2ccc3ccccc3n2)cc(C)c1.Cc1ccnc(-c2[c-]ccc(-c3ccc(F)cc3)c2)c1C.[Ir].[Ir].[Ir].[Ir].[Ir].[c-]1ccccc1-c1ccccn1. The molecular formula is C101H89FIr5N5O4-5. The maximum atomic E-state index is 13.0. The van der Waals surface area contributed by atoms with Crippen molar-refractivity contribution >= 4 is 33.4 Å². The number of halogens is 1. The van der Waals surface area contributed by atoms with Crippen molar-refractivity contribution in [3.8, 4) is 89.7 Å². The van der Waals surface area contributed by atoms with Gasteiger partial charge >= 0.3 is 0 Å². The quantitative estimate of drug-likeness (QED) is 0.0778. The number of rotatable bonds is 10. The van der Waals surface area contributed by atoms with Crippen molar-refractivity contribution in [2.24, 2.45) is 0 Å². The molecule has 0 amide bonds.